The van der Waals surface area contributed by atoms with E-state index in [4.69, 9.17) is 0 Å². The van der Waals surface area contributed by atoms with E-state index in [2.05, 4.69) is 51.3 Å². The number of nitrogens with one attached hydrogen (secondary N) is 3. The minimum absolute atomic E-state index is 0. The van der Waals surface area contributed by atoms with Crippen molar-refractivity contribution in [2.75, 3.05) is 13.6 Å². The molecule has 1 aromatic rings. The lowest BCUT2D eigenvalue weighted by atomic mass is 9.85. The van der Waals surface area contributed by atoms with Crippen LogP contribution in [0.25, 0.3) is 0 Å². The number of benzene rings is 1. The maximum absolute atomic E-state index is 12.4. The Kier molecular flexibility index (Phi) is 8.13. The fourth-order valence-corrected chi connectivity index (χ4v) is 5.18. The molecule has 3 aliphatic rings. The normalized spacial score (nSPS) is 25.5. The SMILES string of the molecule is CN=C(NCC1(Sc2ccccc2)CC1)NC1CCCC(C(=O)NC2CC2)C1.I. The predicted molar refractivity (Wildman–Crippen MR) is 131 cm³/mol. The topological polar surface area (TPSA) is 65.5 Å². The van der Waals surface area contributed by atoms with Gasteiger partial charge in [-0.25, -0.2) is 0 Å². The van der Waals surface area contributed by atoms with E-state index < -0.39 is 0 Å². The lowest BCUT2D eigenvalue weighted by Crippen LogP contribution is -2.48. The molecule has 160 valence electrons. The first-order chi connectivity index (χ1) is 13.7. The fraction of sp³-hybridized carbons (Fsp3) is 0.636. The molecular weight excluding hydrogens is 495 g/mol. The minimum atomic E-state index is 0. The summed E-state index contributed by atoms with van der Waals surface area (Å²) in [4.78, 5) is 18.2. The molecular formula is C22H33IN4OS. The Morgan fingerprint density at radius 3 is 2.52 bits per heavy atom. The summed E-state index contributed by atoms with van der Waals surface area (Å²) < 4.78 is 0.290. The minimum Gasteiger partial charge on any atom is -0.355 e. The number of thioether (sulfide) groups is 1. The summed E-state index contributed by atoms with van der Waals surface area (Å²) in [5.41, 5.74) is 0. The van der Waals surface area contributed by atoms with Gasteiger partial charge in [0.05, 0.1) is 0 Å². The number of carbonyl (C=O) groups excluding carboxylic acids is 1. The van der Waals surface area contributed by atoms with Crippen molar-refractivity contribution in [1.82, 2.24) is 16.0 Å². The predicted octanol–water partition coefficient (Wildman–Crippen LogP) is 3.93. The number of aliphatic imine (C=N–C) groups is 1. The lowest BCUT2D eigenvalue weighted by molar-refractivity contribution is -0.126. The molecule has 29 heavy (non-hydrogen) atoms. The van der Waals surface area contributed by atoms with Gasteiger partial charge in [-0.1, -0.05) is 24.6 Å². The molecule has 2 unspecified atom stereocenters. The summed E-state index contributed by atoms with van der Waals surface area (Å²) in [6.45, 7) is 0.921. The van der Waals surface area contributed by atoms with Gasteiger partial charge in [0.1, 0.15) is 0 Å². The Hall–Kier alpha value is -0.960. The highest BCUT2D eigenvalue weighted by Crippen LogP contribution is 2.51. The number of hydrogen-bond acceptors (Lipinski definition) is 3. The highest BCUT2D eigenvalue weighted by atomic mass is 127. The van der Waals surface area contributed by atoms with Gasteiger partial charge in [0.2, 0.25) is 5.91 Å². The van der Waals surface area contributed by atoms with E-state index in [0.29, 0.717) is 12.1 Å². The van der Waals surface area contributed by atoms with Crippen molar-refractivity contribution >= 4 is 47.6 Å². The summed E-state index contributed by atoms with van der Waals surface area (Å²) in [6, 6.07) is 11.4. The van der Waals surface area contributed by atoms with Crippen LogP contribution in [0.5, 0.6) is 0 Å². The largest absolute Gasteiger partial charge is 0.355 e. The average Bonchev–Trinajstić information content (AvgIpc) is 3.64. The molecule has 3 N–H and O–H groups in total. The van der Waals surface area contributed by atoms with Gasteiger partial charge in [-0.05, 0) is 57.1 Å². The molecule has 5 nitrogen and oxygen atoms in total. The average molecular weight is 529 g/mol. The first-order valence-electron chi connectivity index (χ1n) is 10.7. The molecule has 0 spiro atoms. The number of halogens is 1. The Morgan fingerprint density at radius 2 is 1.86 bits per heavy atom. The van der Waals surface area contributed by atoms with Crippen molar-refractivity contribution in [1.29, 1.82) is 0 Å². The molecule has 0 heterocycles. The van der Waals surface area contributed by atoms with Gasteiger partial charge in [0.25, 0.3) is 0 Å². The van der Waals surface area contributed by atoms with Gasteiger partial charge in [0.15, 0.2) is 5.96 Å². The molecule has 1 amide bonds. The molecule has 3 fully saturated rings. The van der Waals surface area contributed by atoms with Crippen molar-refractivity contribution in [2.45, 2.75) is 73.1 Å². The summed E-state index contributed by atoms with van der Waals surface area (Å²) in [5, 5.41) is 10.3. The van der Waals surface area contributed by atoms with Crippen LogP contribution in [0, 0.1) is 5.92 Å². The molecule has 0 bridgehead atoms. The molecule has 3 saturated carbocycles. The van der Waals surface area contributed by atoms with Gasteiger partial charge in [-0.2, -0.15) is 0 Å². The van der Waals surface area contributed by atoms with E-state index in [0.717, 1.165) is 51.0 Å². The van der Waals surface area contributed by atoms with Gasteiger partial charge < -0.3 is 16.0 Å². The number of guanidine groups is 1. The molecule has 0 aliphatic heterocycles. The first kappa shape index (κ1) is 22.7. The number of amides is 1. The Labute approximate surface area is 195 Å². The Morgan fingerprint density at radius 1 is 1.10 bits per heavy atom. The molecule has 2 atom stereocenters. The molecule has 0 radical (unpaired) electrons. The number of nitrogens with zero attached hydrogens (tertiary/aromatic N) is 1. The second-order valence-corrected chi connectivity index (χ2v) is 10.1. The second kappa shape index (κ2) is 10.4. The van der Waals surface area contributed by atoms with Gasteiger partial charge in [0, 0.05) is 41.2 Å². The zero-order valence-electron chi connectivity index (χ0n) is 17.2. The smallest absolute Gasteiger partial charge is 0.223 e. The molecule has 4 rings (SSSR count). The quantitative estimate of drug-likeness (QED) is 0.285. The monoisotopic (exact) mass is 528 g/mol. The highest BCUT2D eigenvalue weighted by molar-refractivity contribution is 14.0. The Balaban J connectivity index is 0.00000240. The van der Waals surface area contributed by atoms with Gasteiger partial charge in [-0.3, -0.25) is 9.79 Å². The molecule has 0 saturated heterocycles. The number of carbonyl (C=O) groups is 1. The standard InChI is InChI=1S/C22H32N4OS.HI/c1-23-21(24-15-22(12-13-22)28-19-8-3-2-4-9-19)26-18-7-5-6-16(14-18)20(27)25-17-10-11-17;/h2-4,8-9,16-18H,5-7,10-15H2,1H3,(H,25,27)(H2,23,24,26);1H. The Bertz CT molecular complexity index is 706. The summed E-state index contributed by atoms with van der Waals surface area (Å²) in [7, 11) is 1.83. The molecule has 0 aromatic heterocycles. The summed E-state index contributed by atoms with van der Waals surface area (Å²) in [5.74, 6) is 1.27. The maximum atomic E-state index is 12.4. The van der Waals surface area contributed by atoms with Crippen LogP contribution in [-0.4, -0.2) is 42.3 Å². The molecule has 3 aliphatic carbocycles. The van der Waals surface area contributed by atoms with E-state index in [1.807, 2.05) is 18.8 Å². The van der Waals surface area contributed by atoms with Crippen molar-refractivity contribution in [3.63, 3.8) is 0 Å². The number of rotatable bonds is 7. The van der Waals surface area contributed by atoms with E-state index in [-0.39, 0.29) is 40.5 Å². The highest BCUT2D eigenvalue weighted by Gasteiger charge is 2.43. The van der Waals surface area contributed by atoms with Crippen molar-refractivity contribution < 1.29 is 4.79 Å². The van der Waals surface area contributed by atoms with Crippen LogP contribution < -0.4 is 16.0 Å². The van der Waals surface area contributed by atoms with Crippen LogP contribution in [0.4, 0.5) is 0 Å². The van der Waals surface area contributed by atoms with Crippen LogP contribution in [0.3, 0.4) is 0 Å². The zero-order valence-corrected chi connectivity index (χ0v) is 20.3. The van der Waals surface area contributed by atoms with Crippen molar-refractivity contribution in [3.8, 4) is 0 Å². The van der Waals surface area contributed by atoms with Crippen LogP contribution in [0.2, 0.25) is 0 Å². The van der Waals surface area contributed by atoms with E-state index in [1.54, 1.807) is 0 Å². The lowest BCUT2D eigenvalue weighted by Gasteiger charge is -2.30. The van der Waals surface area contributed by atoms with Gasteiger partial charge >= 0.3 is 0 Å². The maximum Gasteiger partial charge on any atom is 0.223 e. The van der Waals surface area contributed by atoms with Crippen LogP contribution in [-0.2, 0) is 4.79 Å². The fourth-order valence-electron chi connectivity index (χ4n) is 3.93. The van der Waals surface area contributed by atoms with E-state index in [1.165, 1.54) is 17.7 Å². The third-order valence-electron chi connectivity index (χ3n) is 6.00. The second-order valence-electron chi connectivity index (χ2n) is 8.51. The third kappa shape index (κ3) is 6.77. The van der Waals surface area contributed by atoms with E-state index in [9.17, 15) is 4.79 Å². The van der Waals surface area contributed by atoms with Crippen LogP contribution >= 0.6 is 35.7 Å². The van der Waals surface area contributed by atoms with Crippen LogP contribution in [0.1, 0.15) is 51.4 Å². The number of hydrogen-bond donors (Lipinski definition) is 3. The zero-order chi connectivity index (χ0) is 19.4. The van der Waals surface area contributed by atoms with E-state index >= 15 is 0 Å². The summed E-state index contributed by atoms with van der Waals surface area (Å²) >= 11 is 1.97. The third-order valence-corrected chi connectivity index (χ3v) is 7.49. The molecule has 7 heteroatoms. The first-order valence-corrected chi connectivity index (χ1v) is 11.5. The summed E-state index contributed by atoms with van der Waals surface area (Å²) in [6.07, 6.45) is 8.91. The van der Waals surface area contributed by atoms with Crippen LogP contribution in [0.15, 0.2) is 40.2 Å². The van der Waals surface area contributed by atoms with Crippen molar-refractivity contribution in [3.05, 3.63) is 30.3 Å². The molecule has 1 aromatic carbocycles. The van der Waals surface area contributed by atoms with Gasteiger partial charge in [-0.15, -0.1) is 35.7 Å². The van der Waals surface area contributed by atoms with Crippen molar-refractivity contribution in [2.24, 2.45) is 10.9 Å².